The molecule has 0 bridgehead atoms. The summed E-state index contributed by atoms with van der Waals surface area (Å²) in [7, 11) is 0. The fourth-order valence-electron chi connectivity index (χ4n) is 3.51. The minimum absolute atomic E-state index is 0.339. The summed E-state index contributed by atoms with van der Waals surface area (Å²) in [5.74, 6) is -0.339. The molecule has 0 saturated carbocycles. The van der Waals surface area contributed by atoms with Gasteiger partial charge in [0.05, 0.1) is 17.6 Å². The summed E-state index contributed by atoms with van der Waals surface area (Å²) < 4.78 is 14.6. The first kappa shape index (κ1) is 16.5. The molecule has 1 N–H and O–H groups in total. The molecule has 5 aromatic rings. The highest BCUT2D eigenvalue weighted by Gasteiger charge is 2.12. The van der Waals surface area contributed by atoms with E-state index >= 15 is 0 Å². The van der Waals surface area contributed by atoms with Crippen molar-refractivity contribution in [1.29, 1.82) is 0 Å². The third-order valence-corrected chi connectivity index (χ3v) is 4.82. The van der Waals surface area contributed by atoms with Gasteiger partial charge in [0.15, 0.2) is 0 Å². The molecule has 4 aromatic heterocycles. The largest absolute Gasteiger partial charge is 0.279 e. The second-order valence-electron chi connectivity index (χ2n) is 6.84. The lowest BCUT2D eigenvalue weighted by Crippen LogP contribution is -1.95. The summed E-state index contributed by atoms with van der Waals surface area (Å²) in [4.78, 5) is 13.0. The van der Waals surface area contributed by atoms with E-state index in [1.54, 1.807) is 18.6 Å². The van der Waals surface area contributed by atoms with Gasteiger partial charge in [0, 0.05) is 41.3 Å². The maximum Gasteiger partial charge on any atom is 0.149 e. The van der Waals surface area contributed by atoms with Crippen LogP contribution in [0.4, 0.5) is 4.39 Å². The van der Waals surface area contributed by atoms with E-state index in [1.165, 1.54) is 6.20 Å². The van der Waals surface area contributed by atoms with E-state index in [2.05, 4.69) is 25.1 Å². The van der Waals surface area contributed by atoms with Crippen molar-refractivity contribution in [2.24, 2.45) is 0 Å². The zero-order valence-corrected chi connectivity index (χ0v) is 15.1. The van der Waals surface area contributed by atoms with Gasteiger partial charge in [-0.25, -0.2) is 4.39 Å². The van der Waals surface area contributed by atoms with E-state index in [0.717, 1.165) is 44.5 Å². The topological polar surface area (TPSA) is 67.3 Å². The molecule has 0 aliphatic rings. The lowest BCUT2D eigenvalue weighted by molar-refractivity contribution is 0.634. The zero-order chi connectivity index (χ0) is 19.1. The highest BCUT2D eigenvalue weighted by Crippen LogP contribution is 2.30. The van der Waals surface area contributed by atoms with Crippen LogP contribution < -0.4 is 0 Å². The summed E-state index contributed by atoms with van der Waals surface area (Å²) in [6, 6.07) is 11.6. The number of benzene rings is 1. The number of nitrogens with zero attached hydrogens (tertiary/aromatic N) is 4. The van der Waals surface area contributed by atoms with Gasteiger partial charge in [-0.3, -0.25) is 20.1 Å². The molecule has 136 valence electrons. The monoisotopic (exact) mass is 369 g/mol. The second-order valence-corrected chi connectivity index (χ2v) is 6.84. The van der Waals surface area contributed by atoms with Crippen LogP contribution in [0.15, 0.2) is 61.2 Å². The van der Waals surface area contributed by atoms with E-state index in [1.807, 2.05) is 43.3 Å². The lowest BCUT2D eigenvalue weighted by Gasteiger charge is -2.09. The molecule has 0 unspecified atom stereocenters. The Bertz CT molecular complexity index is 1330. The van der Waals surface area contributed by atoms with E-state index in [9.17, 15) is 4.39 Å². The van der Waals surface area contributed by atoms with Crippen LogP contribution in [-0.2, 0) is 6.42 Å². The van der Waals surface area contributed by atoms with Crippen LogP contribution in [0, 0.1) is 12.7 Å². The molecule has 28 heavy (non-hydrogen) atoms. The molecule has 0 fully saturated rings. The van der Waals surface area contributed by atoms with Crippen molar-refractivity contribution < 1.29 is 4.39 Å². The van der Waals surface area contributed by atoms with Crippen molar-refractivity contribution in [3.63, 3.8) is 0 Å². The van der Waals surface area contributed by atoms with E-state index in [-0.39, 0.29) is 5.82 Å². The maximum atomic E-state index is 14.6. The number of fused-ring (bicyclic) bond motifs is 2. The average molecular weight is 369 g/mol. The number of hydrogen-bond donors (Lipinski definition) is 1. The summed E-state index contributed by atoms with van der Waals surface area (Å²) in [5, 5.41) is 8.63. The number of rotatable bonds is 3. The fourth-order valence-corrected chi connectivity index (χ4v) is 3.51. The van der Waals surface area contributed by atoms with Gasteiger partial charge in [0.1, 0.15) is 16.9 Å². The molecule has 0 spiro atoms. The molecule has 0 amide bonds. The molecule has 0 aliphatic heterocycles. The molecule has 0 aliphatic carbocycles. The standard InChI is InChI=1S/C22H16FN5/c1-13-7-15(11-24-10-13)21-16-5-4-14(8-17(16)18(23)12-26-21)9-20-22-19(27-28-20)3-2-6-25-22/h2-8,10-12H,9H2,1H3,(H,27,28). The van der Waals surface area contributed by atoms with Crippen molar-refractivity contribution in [3.8, 4) is 11.3 Å². The molecule has 6 heteroatoms. The first-order chi connectivity index (χ1) is 13.7. The number of halogens is 1. The molecule has 5 rings (SSSR count). The van der Waals surface area contributed by atoms with Crippen molar-refractivity contribution in [3.05, 3.63) is 83.8 Å². The van der Waals surface area contributed by atoms with Crippen LogP contribution >= 0.6 is 0 Å². The fraction of sp³-hybridized carbons (Fsp3) is 0.0909. The molecule has 4 heterocycles. The minimum atomic E-state index is -0.339. The summed E-state index contributed by atoms with van der Waals surface area (Å²) in [6.45, 7) is 1.98. The van der Waals surface area contributed by atoms with Crippen molar-refractivity contribution >= 4 is 21.8 Å². The van der Waals surface area contributed by atoms with Crippen LogP contribution in [0.3, 0.4) is 0 Å². The van der Waals surface area contributed by atoms with Gasteiger partial charge in [0.25, 0.3) is 0 Å². The van der Waals surface area contributed by atoms with Crippen molar-refractivity contribution in [2.75, 3.05) is 0 Å². The minimum Gasteiger partial charge on any atom is -0.279 e. The van der Waals surface area contributed by atoms with Gasteiger partial charge in [-0.1, -0.05) is 12.1 Å². The predicted octanol–water partition coefficient (Wildman–Crippen LogP) is 4.61. The molecule has 1 aromatic carbocycles. The van der Waals surface area contributed by atoms with E-state index < -0.39 is 0 Å². The smallest absolute Gasteiger partial charge is 0.149 e. The SMILES string of the molecule is Cc1cncc(-c2ncc(F)c3cc(Cc4[nH]nc5cccnc45)ccc23)c1. The molecular formula is C22H16FN5. The van der Waals surface area contributed by atoms with Gasteiger partial charge in [-0.15, -0.1) is 0 Å². The lowest BCUT2D eigenvalue weighted by atomic mass is 10.00. The summed E-state index contributed by atoms with van der Waals surface area (Å²) in [5.41, 5.74) is 6.18. The van der Waals surface area contributed by atoms with Gasteiger partial charge < -0.3 is 0 Å². The highest BCUT2D eigenvalue weighted by molar-refractivity contribution is 5.95. The van der Waals surface area contributed by atoms with Gasteiger partial charge >= 0.3 is 0 Å². The summed E-state index contributed by atoms with van der Waals surface area (Å²) >= 11 is 0. The Morgan fingerprint density at radius 2 is 1.93 bits per heavy atom. The Labute approximate surface area is 160 Å². The first-order valence-electron chi connectivity index (χ1n) is 8.96. The third-order valence-electron chi connectivity index (χ3n) is 4.82. The number of nitrogens with one attached hydrogen (secondary N) is 1. The second kappa shape index (κ2) is 6.49. The zero-order valence-electron chi connectivity index (χ0n) is 15.1. The Morgan fingerprint density at radius 1 is 1.00 bits per heavy atom. The molecule has 0 saturated heterocycles. The average Bonchev–Trinajstić information content (AvgIpc) is 3.12. The molecule has 5 nitrogen and oxygen atoms in total. The predicted molar refractivity (Wildman–Crippen MR) is 106 cm³/mol. The number of aryl methyl sites for hydroxylation is 1. The normalized spacial score (nSPS) is 11.4. The third kappa shape index (κ3) is 2.79. The summed E-state index contributed by atoms with van der Waals surface area (Å²) in [6.07, 6.45) is 7.15. The number of aromatic amines is 1. The van der Waals surface area contributed by atoms with Gasteiger partial charge in [-0.2, -0.15) is 5.10 Å². The number of hydrogen-bond acceptors (Lipinski definition) is 4. The number of aromatic nitrogens is 5. The van der Waals surface area contributed by atoms with Gasteiger partial charge in [-0.05, 0) is 42.3 Å². The van der Waals surface area contributed by atoms with Crippen LogP contribution in [0.2, 0.25) is 0 Å². The quantitative estimate of drug-likeness (QED) is 0.504. The van der Waals surface area contributed by atoms with Crippen LogP contribution in [-0.4, -0.2) is 25.1 Å². The molecule has 0 atom stereocenters. The van der Waals surface area contributed by atoms with E-state index in [0.29, 0.717) is 11.8 Å². The van der Waals surface area contributed by atoms with Crippen LogP contribution in [0.25, 0.3) is 33.1 Å². The maximum absolute atomic E-state index is 14.6. The van der Waals surface area contributed by atoms with Gasteiger partial charge in [0.2, 0.25) is 0 Å². The number of H-pyrrole nitrogens is 1. The highest BCUT2D eigenvalue weighted by atomic mass is 19.1. The van der Waals surface area contributed by atoms with Crippen LogP contribution in [0.5, 0.6) is 0 Å². The molecule has 0 radical (unpaired) electrons. The first-order valence-corrected chi connectivity index (χ1v) is 8.96. The Hall–Kier alpha value is -3.67. The Kier molecular flexibility index (Phi) is 3.83. The van der Waals surface area contributed by atoms with Crippen molar-refractivity contribution in [2.45, 2.75) is 13.3 Å². The van der Waals surface area contributed by atoms with Crippen molar-refractivity contribution in [1.82, 2.24) is 25.1 Å². The van der Waals surface area contributed by atoms with Crippen LogP contribution in [0.1, 0.15) is 16.8 Å². The molecular weight excluding hydrogens is 353 g/mol. The Morgan fingerprint density at radius 3 is 2.82 bits per heavy atom. The number of pyridine rings is 3. The van der Waals surface area contributed by atoms with E-state index in [4.69, 9.17) is 0 Å². The Balaban J connectivity index is 1.60.